The number of anilines is 1. The van der Waals surface area contributed by atoms with Crippen LogP contribution in [-0.2, 0) is 9.59 Å². The minimum atomic E-state index is -0.328. The molecular weight excluding hydrogens is 364 g/mol. The summed E-state index contributed by atoms with van der Waals surface area (Å²) < 4.78 is 0. The van der Waals surface area contributed by atoms with E-state index in [2.05, 4.69) is 16.5 Å². The molecule has 2 aromatic rings. The molecule has 1 unspecified atom stereocenters. The number of hydrogen-bond donors (Lipinski definition) is 0. The highest BCUT2D eigenvalue weighted by molar-refractivity contribution is 6.31. The van der Waals surface area contributed by atoms with Gasteiger partial charge in [0.2, 0.25) is 11.8 Å². The van der Waals surface area contributed by atoms with Crippen LogP contribution in [0.25, 0.3) is 10.9 Å². The largest absolute Gasteiger partial charge is 0.367 e. The first kappa shape index (κ1) is 17.8. The molecule has 4 rings (SSSR count). The van der Waals surface area contributed by atoms with Crippen molar-refractivity contribution in [2.45, 2.75) is 12.5 Å². The van der Waals surface area contributed by atoms with Gasteiger partial charge in [-0.25, -0.2) is 0 Å². The Hall–Kier alpha value is -2.60. The van der Waals surface area contributed by atoms with Gasteiger partial charge in [-0.05, 0) is 36.8 Å². The SMILES string of the molecule is C=CC(=O)N1CCC1C(=O)N1CCN(c2ccnc3cc(Cl)ccc23)CC1. The predicted molar refractivity (Wildman–Crippen MR) is 106 cm³/mol. The second-order valence-corrected chi connectivity index (χ2v) is 7.28. The van der Waals surface area contributed by atoms with E-state index in [1.807, 2.05) is 29.2 Å². The van der Waals surface area contributed by atoms with Crippen molar-refractivity contribution in [2.24, 2.45) is 0 Å². The number of pyridine rings is 1. The van der Waals surface area contributed by atoms with E-state index < -0.39 is 0 Å². The fourth-order valence-electron chi connectivity index (χ4n) is 3.79. The summed E-state index contributed by atoms with van der Waals surface area (Å²) in [4.78, 5) is 34.7. The van der Waals surface area contributed by atoms with Gasteiger partial charge in [0.25, 0.3) is 0 Å². The van der Waals surface area contributed by atoms with Gasteiger partial charge in [0.15, 0.2) is 0 Å². The van der Waals surface area contributed by atoms with Crippen LogP contribution in [0.3, 0.4) is 0 Å². The molecule has 2 fully saturated rings. The Balaban J connectivity index is 1.44. The van der Waals surface area contributed by atoms with Gasteiger partial charge in [-0.1, -0.05) is 18.2 Å². The standard InChI is InChI=1S/C20H21ClN4O2/c1-2-19(26)25-8-6-18(25)20(27)24-11-9-23(10-12-24)17-5-7-22-16-13-14(21)3-4-15(16)17/h2-5,7,13,18H,1,6,8-12H2. The maximum Gasteiger partial charge on any atom is 0.246 e. The Morgan fingerprint density at radius 1 is 1.15 bits per heavy atom. The molecular formula is C20H21ClN4O2. The highest BCUT2D eigenvalue weighted by atomic mass is 35.5. The molecule has 0 N–H and O–H groups in total. The van der Waals surface area contributed by atoms with E-state index in [0.717, 1.165) is 36.1 Å². The van der Waals surface area contributed by atoms with E-state index in [4.69, 9.17) is 11.6 Å². The molecule has 2 saturated heterocycles. The molecule has 2 aliphatic rings. The molecule has 6 nitrogen and oxygen atoms in total. The minimum Gasteiger partial charge on any atom is -0.367 e. The lowest BCUT2D eigenvalue weighted by Crippen LogP contribution is -2.61. The molecule has 0 spiro atoms. The number of likely N-dealkylation sites (tertiary alicyclic amines) is 1. The molecule has 1 aromatic carbocycles. The minimum absolute atomic E-state index is 0.0440. The number of aromatic nitrogens is 1. The molecule has 1 atom stereocenters. The number of hydrogen-bond acceptors (Lipinski definition) is 4. The van der Waals surface area contributed by atoms with Gasteiger partial charge in [0.1, 0.15) is 6.04 Å². The first-order valence-corrected chi connectivity index (χ1v) is 9.47. The van der Waals surface area contributed by atoms with Crippen molar-refractivity contribution in [1.29, 1.82) is 0 Å². The van der Waals surface area contributed by atoms with Gasteiger partial charge >= 0.3 is 0 Å². The van der Waals surface area contributed by atoms with E-state index in [0.29, 0.717) is 24.7 Å². The van der Waals surface area contributed by atoms with Crippen LogP contribution in [-0.4, -0.2) is 65.4 Å². The van der Waals surface area contributed by atoms with Crippen LogP contribution in [0.1, 0.15) is 6.42 Å². The number of amides is 2. The van der Waals surface area contributed by atoms with Gasteiger partial charge in [0, 0.05) is 55.0 Å². The average Bonchev–Trinajstić information content (AvgIpc) is 2.66. The Bertz CT molecular complexity index is 908. The van der Waals surface area contributed by atoms with Crippen LogP contribution >= 0.6 is 11.6 Å². The van der Waals surface area contributed by atoms with Gasteiger partial charge in [-0.3, -0.25) is 14.6 Å². The topological polar surface area (TPSA) is 56.8 Å². The van der Waals surface area contributed by atoms with Crippen LogP contribution < -0.4 is 4.90 Å². The molecule has 0 aliphatic carbocycles. The summed E-state index contributed by atoms with van der Waals surface area (Å²) in [5.41, 5.74) is 1.97. The zero-order chi connectivity index (χ0) is 19.0. The molecule has 3 heterocycles. The highest BCUT2D eigenvalue weighted by Gasteiger charge is 2.39. The Kier molecular flexibility index (Phi) is 4.74. The van der Waals surface area contributed by atoms with Crippen LogP contribution in [0.15, 0.2) is 43.1 Å². The second kappa shape index (κ2) is 7.19. The summed E-state index contributed by atoms with van der Waals surface area (Å²) in [7, 11) is 0. The summed E-state index contributed by atoms with van der Waals surface area (Å²) in [6, 6.07) is 7.40. The van der Waals surface area contributed by atoms with Crippen molar-refractivity contribution in [3.05, 3.63) is 48.1 Å². The number of halogens is 1. The van der Waals surface area contributed by atoms with Crippen LogP contribution in [0.2, 0.25) is 5.02 Å². The number of fused-ring (bicyclic) bond motifs is 1. The molecule has 140 valence electrons. The predicted octanol–water partition coefficient (Wildman–Crippen LogP) is 2.32. The molecule has 1 aromatic heterocycles. The third-order valence-electron chi connectivity index (χ3n) is 5.38. The summed E-state index contributed by atoms with van der Waals surface area (Å²) in [6.07, 6.45) is 3.80. The summed E-state index contributed by atoms with van der Waals surface area (Å²) in [5.74, 6) is -0.123. The first-order chi connectivity index (χ1) is 13.1. The quantitative estimate of drug-likeness (QED) is 0.762. The second-order valence-electron chi connectivity index (χ2n) is 6.84. The van der Waals surface area contributed by atoms with E-state index in [1.54, 1.807) is 11.1 Å². The first-order valence-electron chi connectivity index (χ1n) is 9.09. The summed E-state index contributed by atoms with van der Waals surface area (Å²) >= 11 is 6.07. The fourth-order valence-corrected chi connectivity index (χ4v) is 3.95. The molecule has 2 amide bonds. The van der Waals surface area contributed by atoms with Crippen molar-refractivity contribution < 1.29 is 9.59 Å². The van der Waals surface area contributed by atoms with Crippen molar-refractivity contribution >= 4 is 40.0 Å². The van der Waals surface area contributed by atoms with Gasteiger partial charge < -0.3 is 14.7 Å². The lowest BCUT2D eigenvalue weighted by molar-refractivity contribution is -0.150. The Morgan fingerprint density at radius 3 is 2.59 bits per heavy atom. The Labute approximate surface area is 163 Å². The fraction of sp³-hybridized carbons (Fsp3) is 0.350. The number of carbonyl (C=O) groups excluding carboxylic acids is 2. The zero-order valence-corrected chi connectivity index (χ0v) is 15.7. The lowest BCUT2D eigenvalue weighted by atomic mass is 10.0. The van der Waals surface area contributed by atoms with Gasteiger partial charge in [0.05, 0.1) is 5.52 Å². The maximum atomic E-state index is 12.8. The van der Waals surface area contributed by atoms with Gasteiger partial charge in [-0.15, -0.1) is 0 Å². The summed E-state index contributed by atoms with van der Waals surface area (Å²) in [6.45, 7) is 6.91. The van der Waals surface area contributed by atoms with Crippen molar-refractivity contribution in [3.8, 4) is 0 Å². The number of carbonyl (C=O) groups is 2. The molecule has 7 heteroatoms. The number of benzene rings is 1. The molecule has 0 bridgehead atoms. The average molecular weight is 385 g/mol. The van der Waals surface area contributed by atoms with E-state index in [-0.39, 0.29) is 17.9 Å². The molecule has 2 aliphatic heterocycles. The smallest absolute Gasteiger partial charge is 0.246 e. The van der Waals surface area contributed by atoms with Crippen LogP contribution in [0.4, 0.5) is 5.69 Å². The molecule has 0 saturated carbocycles. The third kappa shape index (κ3) is 3.25. The Morgan fingerprint density at radius 2 is 1.93 bits per heavy atom. The third-order valence-corrected chi connectivity index (χ3v) is 5.61. The van der Waals surface area contributed by atoms with E-state index in [9.17, 15) is 9.59 Å². The highest BCUT2D eigenvalue weighted by Crippen LogP contribution is 2.28. The number of nitrogens with zero attached hydrogens (tertiary/aromatic N) is 4. The monoisotopic (exact) mass is 384 g/mol. The number of rotatable bonds is 3. The van der Waals surface area contributed by atoms with Crippen molar-refractivity contribution in [3.63, 3.8) is 0 Å². The zero-order valence-electron chi connectivity index (χ0n) is 15.0. The normalized spacial score (nSPS) is 19.7. The lowest BCUT2D eigenvalue weighted by Gasteiger charge is -2.44. The van der Waals surface area contributed by atoms with E-state index >= 15 is 0 Å². The van der Waals surface area contributed by atoms with Crippen molar-refractivity contribution in [2.75, 3.05) is 37.6 Å². The van der Waals surface area contributed by atoms with Gasteiger partial charge in [-0.2, -0.15) is 0 Å². The summed E-state index contributed by atoms with van der Waals surface area (Å²) in [5, 5.41) is 1.73. The molecule has 0 radical (unpaired) electrons. The van der Waals surface area contributed by atoms with E-state index in [1.165, 1.54) is 6.08 Å². The molecule has 27 heavy (non-hydrogen) atoms. The van der Waals surface area contributed by atoms with Crippen LogP contribution in [0, 0.1) is 0 Å². The maximum absolute atomic E-state index is 12.8. The van der Waals surface area contributed by atoms with Crippen LogP contribution in [0.5, 0.6) is 0 Å². The van der Waals surface area contributed by atoms with Crippen molar-refractivity contribution in [1.82, 2.24) is 14.8 Å². The number of piperazine rings is 1.